The number of allylic oxidation sites excluding steroid dienone is 1. The van der Waals surface area contributed by atoms with Crippen LogP contribution in [-0.2, 0) is 13.6 Å². The van der Waals surface area contributed by atoms with Crippen LogP contribution in [0.4, 0.5) is 0 Å². The van der Waals surface area contributed by atoms with Gasteiger partial charge >= 0.3 is 0 Å². The quantitative estimate of drug-likeness (QED) is 0.624. The number of aromatic nitrogens is 3. The first-order valence-corrected chi connectivity index (χ1v) is 8.92. The lowest BCUT2D eigenvalue weighted by molar-refractivity contribution is 0.0995. The third-order valence-electron chi connectivity index (χ3n) is 3.69. The number of carbonyl (C=O) groups is 1. The molecule has 136 valence electrons. The van der Waals surface area contributed by atoms with Crippen LogP contribution in [-0.4, -0.2) is 34.0 Å². The average molecular weight is 372 g/mol. The average Bonchev–Trinajstić information content (AvgIpc) is 3.16. The lowest BCUT2D eigenvalue weighted by Gasteiger charge is -2.04. The van der Waals surface area contributed by atoms with Crippen LogP contribution in [0.25, 0.3) is 10.2 Å². The molecule has 1 amide bonds. The highest BCUT2D eigenvalue weighted by Crippen LogP contribution is 2.24. The fourth-order valence-corrected chi connectivity index (χ4v) is 3.68. The molecule has 2 heterocycles. The van der Waals surface area contributed by atoms with E-state index in [1.54, 1.807) is 19.3 Å². The molecule has 7 nitrogen and oxygen atoms in total. The number of carbonyl (C=O) groups excluding carboxylic acids is 1. The molecule has 0 aliphatic heterocycles. The Morgan fingerprint density at radius 1 is 1.46 bits per heavy atom. The molecule has 3 aromatic rings. The zero-order valence-electron chi connectivity index (χ0n) is 14.9. The molecule has 0 radical (unpaired) electrons. The molecule has 0 spiro atoms. The molecule has 0 bridgehead atoms. The summed E-state index contributed by atoms with van der Waals surface area (Å²) in [6, 6.07) is 5.83. The Hall–Kier alpha value is -2.87. The van der Waals surface area contributed by atoms with Gasteiger partial charge in [0.15, 0.2) is 4.80 Å². The summed E-state index contributed by atoms with van der Waals surface area (Å²) in [7, 11) is 3.21. The summed E-state index contributed by atoms with van der Waals surface area (Å²) in [6.07, 6.45) is 3.37. The highest BCUT2D eigenvalue weighted by molar-refractivity contribution is 7.16. The van der Waals surface area contributed by atoms with E-state index >= 15 is 0 Å². The summed E-state index contributed by atoms with van der Waals surface area (Å²) >= 11 is 1.43. The van der Waals surface area contributed by atoms with Gasteiger partial charge in [-0.3, -0.25) is 9.48 Å². The normalized spacial score (nSPS) is 11.7. The highest BCUT2D eigenvalue weighted by atomic mass is 32.1. The first-order chi connectivity index (χ1) is 12.6. The van der Waals surface area contributed by atoms with Crippen molar-refractivity contribution in [1.29, 1.82) is 0 Å². The van der Waals surface area contributed by atoms with E-state index < -0.39 is 5.91 Å². The van der Waals surface area contributed by atoms with Gasteiger partial charge < -0.3 is 14.0 Å². The Morgan fingerprint density at radius 2 is 2.27 bits per heavy atom. The van der Waals surface area contributed by atoms with Gasteiger partial charge in [-0.15, -0.1) is 11.7 Å². The number of methoxy groups -OCH3 is 1. The number of rotatable bonds is 6. The molecule has 0 saturated carbocycles. The second-order valence-corrected chi connectivity index (χ2v) is 6.50. The predicted octanol–water partition coefficient (Wildman–Crippen LogP) is 2.77. The van der Waals surface area contributed by atoms with Gasteiger partial charge in [-0.05, 0) is 25.1 Å². The summed E-state index contributed by atoms with van der Waals surface area (Å²) in [5.41, 5.74) is 1.30. The maximum Gasteiger partial charge on any atom is 0.286 e. The van der Waals surface area contributed by atoms with E-state index in [9.17, 15) is 4.79 Å². The van der Waals surface area contributed by atoms with Gasteiger partial charge in [0.25, 0.3) is 5.91 Å². The van der Waals surface area contributed by atoms with E-state index in [1.807, 2.05) is 29.7 Å². The minimum atomic E-state index is -0.399. The molecule has 0 aliphatic rings. The number of nitrogens with zero attached hydrogens (tertiary/aromatic N) is 4. The number of aryl methyl sites for hydroxylation is 1. The molecular formula is C18H20N4O3S. The third-order valence-corrected chi connectivity index (χ3v) is 4.73. The smallest absolute Gasteiger partial charge is 0.286 e. The molecule has 26 heavy (non-hydrogen) atoms. The fourth-order valence-electron chi connectivity index (χ4n) is 2.61. The molecule has 2 aromatic heterocycles. The fraction of sp³-hybridized carbons (Fsp3) is 0.278. The SMILES string of the molecule is C=CCn1c(=NC(=O)c2cn(C)nc2OC)sc2cc(OCC)ccc21. The number of hydrogen-bond acceptors (Lipinski definition) is 5. The van der Waals surface area contributed by atoms with Crippen molar-refractivity contribution < 1.29 is 14.3 Å². The molecule has 0 unspecified atom stereocenters. The van der Waals surface area contributed by atoms with Crippen LogP contribution in [0.3, 0.4) is 0 Å². The van der Waals surface area contributed by atoms with Gasteiger partial charge in [-0.25, -0.2) is 0 Å². The molecule has 0 aliphatic carbocycles. The molecule has 8 heteroatoms. The zero-order chi connectivity index (χ0) is 18.7. The van der Waals surface area contributed by atoms with Crippen LogP contribution in [0.1, 0.15) is 17.3 Å². The minimum Gasteiger partial charge on any atom is -0.494 e. The second-order valence-electron chi connectivity index (χ2n) is 5.49. The van der Waals surface area contributed by atoms with Crippen LogP contribution in [0.2, 0.25) is 0 Å². The molecular weight excluding hydrogens is 352 g/mol. The maximum absolute atomic E-state index is 12.7. The first kappa shape index (κ1) is 17.9. The zero-order valence-corrected chi connectivity index (χ0v) is 15.7. The van der Waals surface area contributed by atoms with Crippen molar-refractivity contribution in [3.05, 3.63) is 47.4 Å². The summed E-state index contributed by atoms with van der Waals surface area (Å²) in [6.45, 7) is 6.88. The molecule has 0 saturated heterocycles. The highest BCUT2D eigenvalue weighted by Gasteiger charge is 2.16. The van der Waals surface area contributed by atoms with E-state index in [4.69, 9.17) is 9.47 Å². The molecule has 1 aromatic carbocycles. The summed E-state index contributed by atoms with van der Waals surface area (Å²) in [5, 5.41) is 4.10. The largest absolute Gasteiger partial charge is 0.494 e. The van der Waals surface area contributed by atoms with Crippen LogP contribution < -0.4 is 14.3 Å². The summed E-state index contributed by atoms with van der Waals surface area (Å²) < 4.78 is 15.2. The number of benzene rings is 1. The van der Waals surface area contributed by atoms with E-state index in [-0.39, 0.29) is 5.88 Å². The molecule has 0 fully saturated rings. The number of amides is 1. The van der Waals surface area contributed by atoms with Crippen molar-refractivity contribution in [2.24, 2.45) is 12.0 Å². The Morgan fingerprint density at radius 3 is 2.96 bits per heavy atom. The second kappa shape index (κ2) is 7.57. The predicted molar refractivity (Wildman–Crippen MR) is 101 cm³/mol. The third kappa shape index (κ3) is 3.41. The Kier molecular flexibility index (Phi) is 5.22. The van der Waals surface area contributed by atoms with E-state index in [0.29, 0.717) is 23.5 Å². The van der Waals surface area contributed by atoms with Crippen molar-refractivity contribution in [3.63, 3.8) is 0 Å². The monoisotopic (exact) mass is 372 g/mol. The summed E-state index contributed by atoms with van der Waals surface area (Å²) in [5.74, 6) is 0.652. The Labute approximate surface area is 154 Å². The van der Waals surface area contributed by atoms with Crippen molar-refractivity contribution in [2.45, 2.75) is 13.5 Å². The van der Waals surface area contributed by atoms with Crippen LogP contribution in [0, 0.1) is 0 Å². The molecule has 0 atom stereocenters. The van der Waals surface area contributed by atoms with E-state index in [0.717, 1.165) is 16.0 Å². The van der Waals surface area contributed by atoms with Gasteiger partial charge in [-0.1, -0.05) is 17.4 Å². The Balaban J connectivity index is 2.12. The van der Waals surface area contributed by atoms with Crippen LogP contribution in [0.5, 0.6) is 11.6 Å². The number of fused-ring (bicyclic) bond motifs is 1. The van der Waals surface area contributed by atoms with Crippen molar-refractivity contribution in [2.75, 3.05) is 13.7 Å². The molecule has 0 N–H and O–H groups in total. The number of hydrogen-bond donors (Lipinski definition) is 0. The standard InChI is InChI=1S/C18H20N4O3S/c1-5-9-22-14-8-7-12(25-6-2)10-15(14)26-18(22)19-16(23)13-11-21(3)20-17(13)24-4/h5,7-8,10-11H,1,6,9H2,2-4H3. The van der Waals surface area contributed by atoms with Crippen molar-refractivity contribution in [3.8, 4) is 11.6 Å². The number of thiazole rings is 1. The minimum absolute atomic E-state index is 0.260. The van der Waals surface area contributed by atoms with Crippen molar-refractivity contribution >= 4 is 27.5 Å². The van der Waals surface area contributed by atoms with E-state index in [2.05, 4.69) is 16.7 Å². The maximum atomic E-state index is 12.7. The van der Waals surface area contributed by atoms with Gasteiger partial charge in [0, 0.05) is 19.8 Å². The Bertz CT molecular complexity index is 1030. The summed E-state index contributed by atoms with van der Waals surface area (Å²) in [4.78, 5) is 17.5. The van der Waals surface area contributed by atoms with Crippen LogP contribution >= 0.6 is 11.3 Å². The lowest BCUT2D eigenvalue weighted by Crippen LogP contribution is -2.16. The van der Waals surface area contributed by atoms with Gasteiger partial charge in [0.1, 0.15) is 11.3 Å². The number of ether oxygens (including phenoxy) is 2. The van der Waals surface area contributed by atoms with Gasteiger partial charge in [0.05, 0.1) is 23.9 Å². The first-order valence-electron chi connectivity index (χ1n) is 8.11. The van der Waals surface area contributed by atoms with Gasteiger partial charge in [-0.2, -0.15) is 4.99 Å². The van der Waals surface area contributed by atoms with Crippen LogP contribution in [0.15, 0.2) is 42.0 Å². The molecule has 3 rings (SSSR count). The van der Waals surface area contributed by atoms with E-state index in [1.165, 1.54) is 23.1 Å². The lowest BCUT2D eigenvalue weighted by atomic mass is 10.3. The van der Waals surface area contributed by atoms with Crippen molar-refractivity contribution in [1.82, 2.24) is 14.3 Å². The van der Waals surface area contributed by atoms with Gasteiger partial charge in [0.2, 0.25) is 5.88 Å². The topological polar surface area (TPSA) is 70.6 Å².